The van der Waals surface area contributed by atoms with Gasteiger partial charge in [-0.2, -0.15) is 0 Å². The average Bonchev–Trinajstić information content (AvgIpc) is 3.93. The van der Waals surface area contributed by atoms with E-state index in [-0.39, 0.29) is 62.6 Å². The molecule has 4 rings (SSSR count). The van der Waals surface area contributed by atoms with Crippen LogP contribution in [0.1, 0.15) is 199 Å². The van der Waals surface area contributed by atoms with Crippen molar-refractivity contribution in [3.05, 3.63) is 107 Å². The minimum absolute atomic E-state index is 0.0225. The van der Waals surface area contributed by atoms with Crippen molar-refractivity contribution >= 4 is 20.5 Å². The number of ether oxygens (including phenoxy) is 5. The molecule has 0 radical (unpaired) electrons. The largest absolute Gasteiger partial charge is 0.497 e. The van der Waals surface area contributed by atoms with Crippen molar-refractivity contribution in [2.75, 3.05) is 60.3 Å². The van der Waals surface area contributed by atoms with Crippen LogP contribution in [0.4, 0.5) is 4.79 Å². The van der Waals surface area contributed by atoms with Gasteiger partial charge in [-0.25, -0.2) is 16.0 Å². The van der Waals surface area contributed by atoms with Gasteiger partial charge in [0.05, 0.1) is 39.1 Å². The molecule has 0 spiro atoms. The van der Waals surface area contributed by atoms with E-state index in [0.717, 1.165) is 47.5 Å². The predicted molar refractivity (Wildman–Crippen MR) is 317 cm³/mol. The Labute approximate surface area is 473 Å². The van der Waals surface area contributed by atoms with Crippen molar-refractivity contribution in [1.29, 1.82) is 0 Å². The summed E-state index contributed by atoms with van der Waals surface area (Å²) in [6.07, 6.45) is 24.3. The zero-order valence-electron chi connectivity index (χ0n) is 49.4. The Kier molecular flexibility index (Phi) is 33.3. The van der Waals surface area contributed by atoms with E-state index in [1.165, 1.54) is 96.3 Å². The van der Waals surface area contributed by atoms with E-state index in [1.54, 1.807) is 14.2 Å². The first-order valence-corrected chi connectivity index (χ1v) is 31.2. The molecule has 1 fully saturated rings. The Balaban J connectivity index is 1.30. The zero-order valence-corrected chi connectivity index (χ0v) is 50.3. The Morgan fingerprint density at radius 2 is 1.23 bits per heavy atom. The normalized spacial score (nSPS) is 15.4. The summed E-state index contributed by atoms with van der Waals surface area (Å²) in [5, 5.41) is 2.90. The van der Waals surface area contributed by atoms with Gasteiger partial charge in [0.25, 0.3) is 8.53 Å². The molecule has 14 heteroatoms. The van der Waals surface area contributed by atoms with Crippen molar-refractivity contribution in [2.24, 2.45) is 0 Å². The standard InChI is InChI=1S/C64H101N4O9P/c1-10-12-13-14-15-16-17-18-19-20-21-22-23-24-25-32-46-73-58(11-2)51-74-63(70)66-44-31-27-30-35-62(69)67-49-61(77-78(76-47-45-65-7)68(52(3)4)53(5)6)48-57(67)50-75-64(54-33-28-26-29-34-54,55-36-40-59(71-8)41-37-55)56-38-42-60(72-9)43-39-56/h26,28-29,33-34,36-43,52-53,57-58,61H,10-25,27,30-32,35,44-51H2,1-6,8-9H3,(H,66,70)/t57-,58?,61+,78?/m0/s1. The van der Waals surface area contributed by atoms with Gasteiger partial charge in [0.15, 0.2) is 0 Å². The van der Waals surface area contributed by atoms with Crippen LogP contribution < -0.4 is 14.8 Å². The Morgan fingerprint density at radius 1 is 0.705 bits per heavy atom. The highest BCUT2D eigenvalue weighted by molar-refractivity contribution is 7.44. The van der Waals surface area contributed by atoms with Gasteiger partial charge in [0.2, 0.25) is 12.5 Å². The van der Waals surface area contributed by atoms with Crippen LogP contribution in [0.5, 0.6) is 11.5 Å². The van der Waals surface area contributed by atoms with E-state index < -0.39 is 20.2 Å². The van der Waals surface area contributed by atoms with Gasteiger partial charge in [-0.1, -0.05) is 171 Å². The van der Waals surface area contributed by atoms with Crippen LogP contribution in [0.25, 0.3) is 4.85 Å². The van der Waals surface area contributed by atoms with Gasteiger partial charge in [0, 0.05) is 38.2 Å². The number of carbonyl (C=O) groups excluding carboxylic acids is 2. The first-order valence-electron chi connectivity index (χ1n) is 30.0. The molecular formula is C64H101N4O9P. The number of amides is 2. The van der Waals surface area contributed by atoms with Crippen molar-refractivity contribution in [1.82, 2.24) is 14.9 Å². The van der Waals surface area contributed by atoms with Crippen LogP contribution >= 0.6 is 8.53 Å². The second kappa shape index (κ2) is 39.2. The van der Waals surface area contributed by atoms with Crippen molar-refractivity contribution in [2.45, 2.75) is 219 Å². The molecule has 436 valence electrons. The van der Waals surface area contributed by atoms with E-state index in [4.69, 9.17) is 39.3 Å². The molecule has 1 heterocycles. The van der Waals surface area contributed by atoms with Gasteiger partial charge < -0.3 is 47.8 Å². The molecule has 0 aliphatic carbocycles. The Bertz CT molecular complexity index is 2020. The molecule has 1 N–H and O–H groups in total. The lowest BCUT2D eigenvalue weighted by Crippen LogP contribution is -2.42. The molecule has 4 atom stereocenters. The number of unbranched alkanes of at least 4 members (excludes halogenated alkanes) is 17. The average molecular weight is 1100 g/mol. The van der Waals surface area contributed by atoms with Gasteiger partial charge in [-0.15, -0.1) is 0 Å². The van der Waals surface area contributed by atoms with Gasteiger partial charge in [0.1, 0.15) is 30.3 Å². The fraction of sp³-hybridized carbons (Fsp3) is 0.672. The van der Waals surface area contributed by atoms with E-state index in [9.17, 15) is 9.59 Å². The number of hydrogen-bond donors (Lipinski definition) is 1. The lowest BCUT2D eigenvalue weighted by molar-refractivity contribution is -0.134. The van der Waals surface area contributed by atoms with Crippen LogP contribution in [0.3, 0.4) is 0 Å². The molecular weight excluding hydrogens is 1000 g/mol. The SMILES string of the molecule is [C-]#[N+]CCOP(O[C@@H]1C[C@@H](COC(c2ccccc2)(c2ccc(OC)cc2)c2ccc(OC)cc2)N(C(=O)CCCCCNC(=O)OCC(CC)OCCCCCCCCCCCCCCCCCC)C1)N(C(C)C)C(C)C. The van der Waals surface area contributed by atoms with Crippen molar-refractivity contribution in [3.8, 4) is 11.5 Å². The minimum Gasteiger partial charge on any atom is -0.497 e. The molecule has 13 nitrogen and oxygen atoms in total. The summed E-state index contributed by atoms with van der Waals surface area (Å²) in [6.45, 7) is 22.7. The maximum absolute atomic E-state index is 14.5. The van der Waals surface area contributed by atoms with Gasteiger partial charge in [-0.3, -0.25) is 4.79 Å². The first kappa shape index (κ1) is 66.2. The molecule has 2 unspecified atom stereocenters. The van der Waals surface area contributed by atoms with Crippen LogP contribution in [-0.2, 0) is 33.7 Å². The van der Waals surface area contributed by atoms with Crippen LogP contribution in [0, 0.1) is 6.57 Å². The van der Waals surface area contributed by atoms with E-state index in [2.05, 4.69) is 68.5 Å². The third-order valence-electron chi connectivity index (χ3n) is 14.8. The van der Waals surface area contributed by atoms with Gasteiger partial charge in [-0.05, 0) is 101 Å². The second-order valence-corrected chi connectivity index (χ2v) is 22.9. The molecule has 78 heavy (non-hydrogen) atoms. The molecule has 2 amide bonds. The third kappa shape index (κ3) is 23.4. The quantitative estimate of drug-likeness (QED) is 0.0254. The summed E-state index contributed by atoms with van der Waals surface area (Å²) < 4.78 is 45.7. The number of hydrogen-bond acceptors (Lipinski definition) is 10. The van der Waals surface area contributed by atoms with Crippen LogP contribution in [0.2, 0.25) is 0 Å². The molecule has 0 aromatic heterocycles. The summed E-state index contributed by atoms with van der Waals surface area (Å²) in [4.78, 5) is 32.7. The fourth-order valence-electron chi connectivity index (χ4n) is 10.4. The van der Waals surface area contributed by atoms with E-state index in [1.807, 2.05) is 71.6 Å². The van der Waals surface area contributed by atoms with Gasteiger partial charge >= 0.3 is 6.09 Å². The summed E-state index contributed by atoms with van der Waals surface area (Å²) in [7, 11) is 1.77. The maximum Gasteiger partial charge on any atom is 0.407 e. The number of nitrogens with zero attached hydrogens (tertiary/aromatic N) is 3. The van der Waals surface area contributed by atoms with Crippen LogP contribution in [-0.4, -0.2) is 112 Å². The summed E-state index contributed by atoms with van der Waals surface area (Å²) in [6, 6.07) is 26.0. The second-order valence-electron chi connectivity index (χ2n) is 21.5. The highest BCUT2D eigenvalue weighted by Crippen LogP contribution is 2.49. The Hall–Kier alpha value is -4.28. The maximum atomic E-state index is 14.5. The number of benzene rings is 3. The molecule has 1 aliphatic heterocycles. The zero-order chi connectivity index (χ0) is 56.2. The lowest BCUT2D eigenvalue weighted by Gasteiger charge is -2.38. The highest BCUT2D eigenvalue weighted by atomic mass is 31.2. The monoisotopic (exact) mass is 1100 g/mol. The van der Waals surface area contributed by atoms with E-state index >= 15 is 0 Å². The summed E-state index contributed by atoms with van der Waals surface area (Å²) >= 11 is 0. The number of methoxy groups -OCH3 is 2. The number of alkyl carbamates (subject to hydrolysis) is 1. The smallest absolute Gasteiger partial charge is 0.407 e. The van der Waals surface area contributed by atoms with Crippen molar-refractivity contribution < 1.29 is 42.3 Å². The third-order valence-corrected chi connectivity index (χ3v) is 17.0. The van der Waals surface area contributed by atoms with E-state index in [0.29, 0.717) is 45.4 Å². The summed E-state index contributed by atoms with van der Waals surface area (Å²) in [5.41, 5.74) is 1.67. The first-order chi connectivity index (χ1) is 38.0. The number of carbonyl (C=O) groups is 2. The highest BCUT2D eigenvalue weighted by Gasteiger charge is 2.43. The molecule has 3 aromatic rings. The number of likely N-dealkylation sites (tertiary alicyclic amines) is 1. The molecule has 0 saturated carbocycles. The van der Waals surface area contributed by atoms with Crippen molar-refractivity contribution in [3.63, 3.8) is 0 Å². The number of nitrogens with one attached hydrogen (secondary N) is 1. The molecule has 1 aliphatic rings. The number of rotatable bonds is 43. The molecule has 1 saturated heterocycles. The summed E-state index contributed by atoms with van der Waals surface area (Å²) in [5.74, 6) is 1.48. The lowest BCUT2D eigenvalue weighted by atomic mass is 9.80. The fourth-order valence-corrected chi connectivity index (χ4v) is 12.1. The van der Waals surface area contributed by atoms with Crippen LogP contribution in [0.15, 0.2) is 78.9 Å². The molecule has 3 aromatic carbocycles. The molecule has 0 bridgehead atoms. The topological polar surface area (TPSA) is 122 Å². The predicted octanol–water partition coefficient (Wildman–Crippen LogP) is 15.6. The Morgan fingerprint density at radius 3 is 1.74 bits per heavy atom. The minimum atomic E-state index is -1.54.